The van der Waals surface area contributed by atoms with Gasteiger partial charge in [0.15, 0.2) is 0 Å². The summed E-state index contributed by atoms with van der Waals surface area (Å²) in [7, 11) is 2.95. The average Bonchev–Trinajstić information content (AvgIpc) is 2.45. The van der Waals surface area contributed by atoms with Crippen molar-refractivity contribution in [1.29, 1.82) is 0 Å². The maximum Gasteiger partial charge on any atom is 0.380 e. The van der Waals surface area contributed by atoms with E-state index in [-0.39, 0.29) is 5.56 Å². The third-order valence-electron chi connectivity index (χ3n) is 2.49. The summed E-state index contributed by atoms with van der Waals surface area (Å²) in [4.78, 5) is 21.5. The monoisotopic (exact) mass is 267 g/mol. The van der Waals surface area contributed by atoms with Crippen molar-refractivity contribution in [1.82, 2.24) is 0 Å². The van der Waals surface area contributed by atoms with Gasteiger partial charge in [-0.1, -0.05) is 25.8 Å². The summed E-state index contributed by atoms with van der Waals surface area (Å²) in [5.41, 5.74) is 0.213. The second kappa shape index (κ2) is 8.37. The Morgan fingerprint density at radius 2 is 1.79 bits per heavy atom. The van der Waals surface area contributed by atoms with E-state index in [2.05, 4.69) is 6.92 Å². The third-order valence-corrected chi connectivity index (χ3v) is 2.49. The van der Waals surface area contributed by atoms with Gasteiger partial charge in [0.1, 0.15) is 17.1 Å². The molecule has 5 heteroatoms. The largest absolute Gasteiger partial charge is 0.496 e. The Labute approximate surface area is 113 Å². The van der Waals surface area contributed by atoms with Gasteiger partial charge in [-0.25, -0.2) is 4.79 Å². The van der Waals surface area contributed by atoms with Crippen LogP contribution in [0.4, 0.5) is 0 Å². The summed E-state index contributed by atoms with van der Waals surface area (Å²) in [5, 5.41) is 0. The van der Waals surface area contributed by atoms with Crippen molar-refractivity contribution in [2.45, 2.75) is 19.3 Å². The van der Waals surface area contributed by atoms with Crippen LogP contribution in [0.5, 0.6) is 11.5 Å². The first-order valence-corrected chi connectivity index (χ1v) is 6.08. The number of carbonyl (C=O) groups excluding carboxylic acids is 1. The minimum Gasteiger partial charge on any atom is -0.496 e. The van der Waals surface area contributed by atoms with Crippen LogP contribution in [0.15, 0.2) is 18.2 Å². The van der Waals surface area contributed by atoms with Crippen molar-refractivity contribution in [2.24, 2.45) is 0 Å². The van der Waals surface area contributed by atoms with Gasteiger partial charge in [0, 0.05) is 0 Å². The Bertz CT molecular complexity index is 381. The van der Waals surface area contributed by atoms with Gasteiger partial charge in [0.2, 0.25) is 0 Å². The van der Waals surface area contributed by atoms with E-state index in [9.17, 15) is 4.79 Å². The van der Waals surface area contributed by atoms with Crippen LogP contribution >= 0.6 is 0 Å². The van der Waals surface area contributed by atoms with Crippen molar-refractivity contribution < 1.29 is 24.0 Å². The molecule has 19 heavy (non-hydrogen) atoms. The maximum atomic E-state index is 11.9. The van der Waals surface area contributed by atoms with Gasteiger partial charge >= 0.3 is 5.97 Å². The molecule has 105 valence electrons. The van der Waals surface area contributed by atoms with Crippen LogP contribution in [-0.4, -0.2) is 26.8 Å². The van der Waals surface area contributed by atoms with Gasteiger partial charge in [0.05, 0.1) is 20.8 Å². The van der Waals surface area contributed by atoms with Crippen molar-refractivity contribution >= 4 is 5.97 Å². The fourth-order valence-electron chi connectivity index (χ4n) is 1.53. The molecule has 0 fully saturated rings. The van der Waals surface area contributed by atoms with Crippen LogP contribution < -0.4 is 9.47 Å². The van der Waals surface area contributed by atoms with Gasteiger partial charge in [-0.3, -0.25) is 4.89 Å². The van der Waals surface area contributed by atoms with E-state index in [1.54, 1.807) is 18.2 Å². The molecule has 0 amide bonds. The number of methoxy groups -OCH3 is 2. The second-order valence-electron chi connectivity index (χ2n) is 3.79. The zero-order valence-corrected chi connectivity index (χ0v) is 11.3. The molecule has 1 radical (unpaired) electrons. The second-order valence-corrected chi connectivity index (χ2v) is 3.79. The first kappa shape index (κ1) is 15.3. The molecule has 1 rings (SSSR count). The predicted molar refractivity (Wildman–Crippen MR) is 70.1 cm³/mol. The van der Waals surface area contributed by atoms with E-state index in [1.165, 1.54) is 14.2 Å². The van der Waals surface area contributed by atoms with Crippen LogP contribution in [0, 0.1) is 6.92 Å². The summed E-state index contributed by atoms with van der Waals surface area (Å²) in [5.74, 6) is 0.125. The fourth-order valence-corrected chi connectivity index (χ4v) is 1.53. The number of hydrogen-bond donors (Lipinski definition) is 0. The molecule has 0 heterocycles. The molecule has 0 N–H and O–H groups in total. The number of unbranched alkanes of at least 4 members (excludes halogenated alkanes) is 2. The third kappa shape index (κ3) is 4.44. The zero-order chi connectivity index (χ0) is 14.1. The predicted octanol–water partition coefficient (Wildman–Crippen LogP) is 2.80. The molecular formula is C14H19O5. The minimum absolute atomic E-state index is 0.213. The van der Waals surface area contributed by atoms with E-state index >= 15 is 0 Å². The molecule has 0 aliphatic rings. The van der Waals surface area contributed by atoms with Crippen LogP contribution in [-0.2, 0) is 9.78 Å². The summed E-state index contributed by atoms with van der Waals surface area (Å²) in [6.07, 6.45) is 2.55. The van der Waals surface area contributed by atoms with E-state index in [1.807, 2.05) is 0 Å². The van der Waals surface area contributed by atoms with Gasteiger partial charge < -0.3 is 9.47 Å². The standard InChI is InChI=1S/C14H19O5/c1-4-5-6-10-18-19-14(15)13-11(16-2)8-7-9-12(13)17-3/h7-9H,1,4-6,10H2,2-3H3. The average molecular weight is 267 g/mol. The topological polar surface area (TPSA) is 54.0 Å². The highest BCUT2D eigenvalue weighted by atomic mass is 17.2. The number of carbonyl (C=O) groups is 1. The summed E-state index contributed by atoms with van der Waals surface area (Å²) in [6.45, 7) is 4.06. The Balaban J connectivity index is 2.65. The Morgan fingerprint density at radius 1 is 1.16 bits per heavy atom. The lowest BCUT2D eigenvalue weighted by atomic mass is 10.2. The van der Waals surface area contributed by atoms with Crippen molar-refractivity contribution in [3.63, 3.8) is 0 Å². The molecule has 0 atom stereocenters. The zero-order valence-electron chi connectivity index (χ0n) is 11.3. The highest BCUT2D eigenvalue weighted by Gasteiger charge is 2.20. The molecule has 1 aromatic rings. The molecule has 0 spiro atoms. The van der Waals surface area contributed by atoms with Gasteiger partial charge in [-0.05, 0) is 18.6 Å². The summed E-state index contributed by atoms with van der Waals surface area (Å²) < 4.78 is 10.2. The van der Waals surface area contributed by atoms with Crippen molar-refractivity contribution in [3.8, 4) is 11.5 Å². The van der Waals surface area contributed by atoms with E-state index in [0.29, 0.717) is 18.1 Å². The maximum absolute atomic E-state index is 11.9. The van der Waals surface area contributed by atoms with Crippen molar-refractivity contribution in [3.05, 3.63) is 30.7 Å². The van der Waals surface area contributed by atoms with Crippen molar-refractivity contribution in [2.75, 3.05) is 20.8 Å². The smallest absolute Gasteiger partial charge is 0.380 e. The fraction of sp³-hybridized carbons (Fsp3) is 0.429. The number of ether oxygens (including phenoxy) is 2. The molecule has 1 aromatic carbocycles. The Kier molecular flexibility index (Phi) is 6.74. The van der Waals surface area contributed by atoms with E-state index < -0.39 is 5.97 Å². The highest BCUT2D eigenvalue weighted by Crippen LogP contribution is 2.28. The molecule has 0 bridgehead atoms. The molecule has 0 saturated carbocycles. The van der Waals surface area contributed by atoms with Gasteiger partial charge in [-0.15, -0.1) is 0 Å². The lowest BCUT2D eigenvalue weighted by Gasteiger charge is -2.11. The quantitative estimate of drug-likeness (QED) is 0.412. The molecule has 0 saturated heterocycles. The first-order valence-electron chi connectivity index (χ1n) is 6.08. The highest BCUT2D eigenvalue weighted by molar-refractivity contribution is 5.95. The molecule has 5 nitrogen and oxygen atoms in total. The van der Waals surface area contributed by atoms with Crippen LogP contribution in [0.3, 0.4) is 0 Å². The minimum atomic E-state index is -0.635. The SMILES string of the molecule is [CH2]CCCCOOC(=O)c1c(OC)cccc1OC. The number of hydrogen-bond acceptors (Lipinski definition) is 5. The van der Waals surface area contributed by atoms with Gasteiger partial charge in [0.25, 0.3) is 0 Å². The molecule has 0 aliphatic heterocycles. The number of benzene rings is 1. The lowest BCUT2D eigenvalue weighted by molar-refractivity contribution is -0.241. The Hall–Kier alpha value is -1.75. The van der Waals surface area contributed by atoms with Gasteiger partial charge in [-0.2, -0.15) is 4.89 Å². The normalized spacial score (nSPS) is 10.1. The van der Waals surface area contributed by atoms with Crippen LogP contribution in [0.2, 0.25) is 0 Å². The molecular weight excluding hydrogens is 248 g/mol. The number of rotatable bonds is 8. The first-order chi connectivity index (χ1) is 9.24. The molecule has 0 unspecified atom stereocenters. The Morgan fingerprint density at radius 3 is 2.32 bits per heavy atom. The van der Waals surface area contributed by atoms with Crippen LogP contribution in [0.1, 0.15) is 29.6 Å². The molecule has 0 aliphatic carbocycles. The lowest BCUT2D eigenvalue weighted by Crippen LogP contribution is -2.10. The van der Waals surface area contributed by atoms with E-state index in [4.69, 9.17) is 19.2 Å². The van der Waals surface area contributed by atoms with E-state index in [0.717, 1.165) is 19.3 Å². The van der Waals surface area contributed by atoms with Crippen LogP contribution in [0.25, 0.3) is 0 Å². The summed E-state index contributed by atoms with van der Waals surface area (Å²) >= 11 is 0. The molecule has 0 aromatic heterocycles. The summed E-state index contributed by atoms with van der Waals surface area (Å²) in [6, 6.07) is 5.04.